The molecule has 6 heteroatoms. The van der Waals surface area contributed by atoms with E-state index >= 15 is 0 Å². The van der Waals surface area contributed by atoms with Crippen molar-refractivity contribution in [2.45, 2.75) is 25.5 Å². The lowest BCUT2D eigenvalue weighted by atomic mass is 10.2. The van der Waals surface area contributed by atoms with E-state index in [1.807, 2.05) is 30.3 Å². The van der Waals surface area contributed by atoms with Crippen molar-refractivity contribution >= 4 is 23.6 Å². The highest BCUT2D eigenvalue weighted by atomic mass is 35.5. The topological polar surface area (TPSA) is 49.9 Å². The van der Waals surface area contributed by atoms with E-state index in [0.717, 1.165) is 18.4 Å². The number of benzene rings is 1. The van der Waals surface area contributed by atoms with Crippen LogP contribution in [0, 0.1) is 0 Å². The fraction of sp³-hybridized carbons (Fsp3) is 0.500. The molecule has 22 heavy (non-hydrogen) atoms. The standard InChI is InChI=1S/C16H21ClN2O3/c1-18(15(20)10-17)11-14-8-5-9-19(14)16(21)22-12-13-6-3-2-4-7-13/h2-4,6-7,14H,5,8-12H2,1H3. The van der Waals surface area contributed by atoms with Gasteiger partial charge in [-0.05, 0) is 18.4 Å². The van der Waals surface area contributed by atoms with Crippen LogP contribution < -0.4 is 0 Å². The van der Waals surface area contributed by atoms with Crippen LogP contribution >= 0.6 is 11.6 Å². The Hall–Kier alpha value is -1.75. The Bertz CT molecular complexity index is 509. The van der Waals surface area contributed by atoms with Gasteiger partial charge < -0.3 is 14.5 Å². The first-order valence-corrected chi connectivity index (χ1v) is 7.92. The molecule has 1 aromatic rings. The van der Waals surface area contributed by atoms with E-state index in [4.69, 9.17) is 16.3 Å². The van der Waals surface area contributed by atoms with Gasteiger partial charge >= 0.3 is 6.09 Å². The van der Waals surface area contributed by atoms with Gasteiger partial charge in [-0.2, -0.15) is 0 Å². The van der Waals surface area contributed by atoms with E-state index in [1.54, 1.807) is 16.8 Å². The van der Waals surface area contributed by atoms with Crippen molar-refractivity contribution in [2.24, 2.45) is 0 Å². The molecule has 1 unspecified atom stereocenters. The second-order valence-electron chi connectivity index (χ2n) is 5.44. The zero-order valence-electron chi connectivity index (χ0n) is 12.7. The third-order valence-corrected chi connectivity index (χ3v) is 4.07. The number of halogens is 1. The highest BCUT2D eigenvalue weighted by Crippen LogP contribution is 2.19. The summed E-state index contributed by atoms with van der Waals surface area (Å²) in [6.45, 7) is 1.42. The highest BCUT2D eigenvalue weighted by molar-refractivity contribution is 6.27. The van der Waals surface area contributed by atoms with E-state index in [2.05, 4.69) is 0 Å². The Balaban J connectivity index is 1.86. The molecule has 1 aromatic carbocycles. The molecule has 1 aliphatic rings. The summed E-state index contributed by atoms with van der Waals surface area (Å²) in [6.07, 6.45) is 1.48. The lowest BCUT2D eigenvalue weighted by Crippen LogP contribution is -2.44. The zero-order chi connectivity index (χ0) is 15.9. The minimum absolute atomic E-state index is 0.000407. The summed E-state index contributed by atoms with van der Waals surface area (Å²) in [5, 5.41) is 0. The van der Waals surface area contributed by atoms with Crippen molar-refractivity contribution in [2.75, 3.05) is 26.0 Å². The van der Waals surface area contributed by atoms with E-state index in [-0.39, 0.29) is 30.5 Å². The number of carbonyl (C=O) groups is 2. The number of amides is 2. The van der Waals surface area contributed by atoms with Crippen LogP contribution in [0.4, 0.5) is 4.79 Å². The van der Waals surface area contributed by atoms with Gasteiger partial charge in [-0.1, -0.05) is 30.3 Å². The molecule has 1 fully saturated rings. The van der Waals surface area contributed by atoms with Crippen LogP contribution in [0.2, 0.25) is 0 Å². The van der Waals surface area contributed by atoms with E-state index in [1.165, 1.54) is 0 Å². The highest BCUT2D eigenvalue weighted by Gasteiger charge is 2.31. The molecular formula is C16H21ClN2O3. The minimum Gasteiger partial charge on any atom is -0.445 e. The molecule has 0 aromatic heterocycles. The second-order valence-corrected chi connectivity index (χ2v) is 5.70. The van der Waals surface area contributed by atoms with Crippen LogP contribution in [-0.2, 0) is 16.1 Å². The minimum atomic E-state index is -0.321. The first-order chi connectivity index (χ1) is 10.6. The lowest BCUT2D eigenvalue weighted by Gasteiger charge is -2.28. The predicted molar refractivity (Wildman–Crippen MR) is 84.7 cm³/mol. The SMILES string of the molecule is CN(CC1CCCN1C(=O)OCc1ccccc1)C(=O)CCl. The maximum atomic E-state index is 12.2. The fourth-order valence-electron chi connectivity index (χ4n) is 2.59. The molecule has 0 spiro atoms. The van der Waals surface area contributed by atoms with Crippen molar-refractivity contribution in [1.82, 2.24) is 9.80 Å². The summed E-state index contributed by atoms with van der Waals surface area (Å²) < 4.78 is 5.37. The predicted octanol–water partition coefficient (Wildman–Crippen LogP) is 2.48. The third-order valence-electron chi connectivity index (χ3n) is 3.84. The Kier molecular flexibility index (Phi) is 6.07. The maximum Gasteiger partial charge on any atom is 0.410 e. The monoisotopic (exact) mass is 324 g/mol. The third kappa shape index (κ3) is 4.37. The van der Waals surface area contributed by atoms with Gasteiger partial charge in [-0.15, -0.1) is 11.6 Å². The summed E-state index contributed by atoms with van der Waals surface area (Å²) in [5.74, 6) is -0.173. The Morgan fingerprint density at radius 2 is 2.09 bits per heavy atom. The van der Waals surface area contributed by atoms with Gasteiger partial charge in [0.15, 0.2) is 0 Å². The van der Waals surface area contributed by atoms with Crippen LogP contribution in [0.3, 0.4) is 0 Å². The van der Waals surface area contributed by atoms with Crippen molar-refractivity contribution in [3.05, 3.63) is 35.9 Å². The molecular weight excluding hydrogens is 304 g/mol. The smallest absolute Gasteiger partial charge is 0.410 e. The van der Waals surface area contributed by atoms with E-state index < -0.39 is 0 Å². The molecule has 2 amide bonds. The lowest BCUT2D eigenvalue weighted by molar-refractivity contribution is -0.127. The largest absolute Gasteiger partial charge is 0.445 e. The number of likely N-dealkylation sites (N-methyl/N-ethyl adjacent to an activating group) is 1. The second kappa shape index (κ2) is 8.03. The van der Waals surface area contributed by atoms with Gasteiger partial charge in [-0.3, -0.25) is 4.79 Å². The van der Waals surface area contributed by atoms with Crippen LogP contribution in [0.5, 0.6) is 0 Å². The van der Waals surface area contributed by atoms with E-state index in [9.17, 15) is 9.59 Å². The number of likely N-dealkylation sites (tertiary alicyclic amines) is 1. The van der Waals surface area contributed by atoms with Gasteiger partial charge in [-0.25, -0.2) is 4.79 Å². The number of carbonyl (C=O) groups excluding carboxylic acids is 2. The first-order valence-electron chi connectivity index (χ1n) is 7.39. The molecule has 2 rings (SSSR count). The fourth-order valence-corrected chi connectivity index (χ4v) is 2.79. The number of alkyl halides is 1. The summed E-state index contributed by atoms with van der Waals surface area (Å²) in [7, 11) is 1.70. The summed E-state index contributed by atoms with van der Waals surface area (Å²) >= 11 is 5.55. The number of rotatable bonds is 5. The van der Waals surface area contributed by atoms with Crippen LogP contribution in [0.25, 0.3) is 0 Å². The quantitative estimate of drug-likeness (QED) is 0.782. The number of nitrogens with zero attached hydrogens (tertiary/aromatic N) is 2. The molecule has 0 bridgehead atoms. The van der Waals surface area contributed by atoms with Crippen molar-refractivity contribution in [3.63, 3.8) is 0 Å². The molecule has 120 valence electrons. The number of ether oxygens (including phenoxy) is 1. The maximum absolute atomic E-state index is 12.2. The number of hydrogen-bond donors (Lipinski definition) is 0. The Labute approximate surface area is 135 Å². The molecule has 1 atom stereocenters. The van der Waals surface area contributed by atoms with Gasteiger partial charge in [0.1, 0.15) is 12.5 Å². The van der Waals surface area contributed by atoms with Crippen molar-refractivity contribution in [3.8, 4) is 0 Å². The summed E-state index contributed by atoms with van der Waals surface area (Å²) in [5.41, 5.74) is 0.959. The van der Waals surface area contributed by atoms with Crippen LogP contribution in [0.15, 0.2) is 30.3 Å². The van der Waals surface area contributed by atoms with Crippen molar-refractivity contribution < 1.29 is 14.3 Å². The molecule has 1 saturated heterocycles. The normalized spacial score (nSPS) is 17.4. The van der Waals surface area contributed by atoms with E-state index in [0.29, 0.717) is 13.1 Å². The van der Waals surface area contributed by atoms with Crippen molar-refractivity contribution in [1.29, 1.82) is 0 Å². The zero-order valence-corrected chi connectivity index (χ0v) is 13.5. The van der Waals surface area contributed by atoms with Crippen LogP contribution in [-0.4, -0.2) is 53.9 Å². The van der Waals surface area contributed by atoms with Gasteiger partial charge in [0.25, 0.3) is 0 Å². The molecule has 0 N–H and O–H groups in total. The van der Waals surface area contributed by atoms with Gasteiger partial charge in [0.05, 0.1) is 6.04 Å². The molecule has 1 heterocycles. The molecule has 0 aliphatic carbocycles. The number of hydrogen-bond acceptors (Lipinski definition) is 3. The summed E-state index contributed by atoms with van der Waals surface area (Å²) in [4.78, 5) is 27.0. The molecule has 1 aliphatic heterocycles. The molecule has 0 radical (unpaired) electrons. The van der Waals surface area contributed by atoms with Gasteiger partial charge in [0.2, 0.25) is 5.91 Å². The Morgan fingerprint density at radius 3 is 2.77 bits per heavy atom. The average Bonchev–Trinajstić information content (AvgIpc) is 3.00. The van der Waals surface area contributed by atoms with Gasteiger partial charge in [0, 0.05) is 20.1 Å². The van der Waals surface area contributed by atoms with Crippen LogP contribution in [0.1, 0.15) is 18.4 Å². The Morgan fingerprint density at radius 1 is 1.36 bits per heavy atom. The molecule has 5 nitrogen and oxygen atoms in total. The summed E-state index contributed by atoms with van der Waals surface area (Å²) in [6, 6.07) is 9.58. The molecule has 0 saturated carbocycles. The average molecular weight is 325 g/mol. The first kappa shape index (κ1) is 16.6.